The summed E-state index contributed by atoms with van der Waals surface area (Å²) in [6.45, 7) is 0. The lowest BCUT2D eigenvalue weighted by Gasteiger charge is -2.30. The summed E-state index contributed by atoms with van der Waals surface area (Å²) < 4.78 is 13.2. The second kappa shape index (κ2) is 12.5. The fraction of sp³-hybridized carbons (Fsp3) is 0. The minimum absolute atomic E-state index is 0.851. The lowest BCUT2D eigenvalue weighted by molar-refractivity contribution is 0.669. The molecule has 0 radical (unpaired) electrons. The normalized spacial score (nSPS) is 11.9. The van der Waals surface area contributed by atoms with Crippen LogP contribution in [0, 0.1) is 0 Å². The number of anilines is 3. The summed E-state index contributed by atoms with van der Waals surface area (Å²) in [5, 5.41) is 11.8. The van der Waals surface area contributed by atoms with Gasteiger partial charge >= 0.3 is 0 Å². The van der Waals surface area contributed by atoms with E-state index in [1.54, 1.807) is 0 Å². The summed E-state index contributed by atoms with van der Waals surface area (Å²) in [4.78, 5) is 2.40. The van der Waals surface area contributed by atoms with Gasteiger partial charge in [-0.05, 0) is 86.6 Å². The largest absolute Gasteiger partial charge is 0.456 e. The Balaban J connectivity index is 1.16. The summed E-state index contributed by atoms with van der Waals surface area (Å²) in [7, 11) is 0. The first-order valence-electron chi connectivity index (χ1n) is 19.4. The number of rotatable bonds is 5. The quantitative estimate of drug-likeness (QED) is 0.165. The third kappa shape index (κ3) is 4.79. The van der Waals surface area contributed by atoms with Gasteiger partial charge in [0, 0.05) is 38.1 Å². The van der Waals surface area contributed by atoms with E-state index < -0.39 is 0 Å². The van der Waals surface area contributed by atoms with Crippen LogP contribution in [0.2, 0.25) is 0 Å². The Morgan fingerprint density at radius 3 is 1.61 bits per heavy atom. The Kier molecular flexibility index (Phi) is 6.93. The van der Waals surface area contributed by atoms with Gasteiger partial charge in [-0.1, -0.05) is 152 Å². The van der Waals surface area contributed by atoms with Crippen LogP contribution < -0.4 is 4.90 Å². The first kappa shape index (κ1) is 31.7. The maximum atomic E-state index is 6.76. The maximum Gasteiger partial charge on any atom is 0.159 e. The van der Waals surface area contributed by atoms with Crippen LogP contribution in [-0.2, 0) is 0 Å². The molecule has 0 aliphatic carbocycles. The lowest BCUT2D eigenvalue weighted by atomic mass is 9.89. The number of hydrogen-bond acceptors (Lipinski definition) is 3. The highest BCUT2D eigenvalue weighted by molar-refractivity contribution is 6.34. The van der Waals surface area contributed by atoms with Gasteiger partial charge in [-0.25, -0.2) is 0 Å². The molecule has 0 fully saturated rings. The summed E-state index contributed by atoms with van der Waals surface area (Å²) in [5.41, 5.74) is 11.2. The van der Waals surface area contributed by atoms with Crippen molar-refractivity contribution in [3.05, 3.63) is 200 Å². The van der Waals surface area contributed by atoms with E-state index in [0.29, 0.717) is 0 Å². The predicted molar refractivity (Wildman–Crippen MR) is 239 cm³/mol. The zero-order chi connectivity index (χ0) is 37.5. The van der Waals surface area contributed by atoms with E-state index >= 15 is 0 Å². The molecule has 0 aliphatic rings. The van der Waals surface area contributed by atoms with E-state index in [2.05, 4.69) is 193 Å². The van der Waals surface area contributed by atoms with E-state index in [1.807, 2.05) is 12.1 Å². The molecule has 0 unspecified atom stereocenters. The lowest BCUT2D eigenvalue weighted by Crippen LogP contribution is -2.12. The van der Waals surface area contributed by atoms with Crippen molar-refractivity contribution in [2.24, 2.45) is 0 Å². The van der Waals surface area contributed by atoms with Gasteiger partial charge in [0.05, 0.1) is 17.1 Å². The van der Waals surface area contributed by atoms with Crippen molar-refractivity contribution in [3.63, 3.8) is 0 Å². The van der Waals surface area contributed by atoms with Gasteiger partial charge in [0.1, 0.15) is 16.7 Å². The van der Waals surface area contributed by atoms with Crippen LogP contribution in [0.15, 0.2) is 209 Å². The summed E-state index contributed by atoms with van der Waals surface area (Å²) in [6.07, 6.45) is 0. The van der Waals surface area contributed by atoms with Crippen molar-refractivity contribution in [1.82, 2.24) is 0 Å². The van der Waals surface area contributed by atoms with Gasteiger partial charge in [-0.2, -0.15) is 0 Å². The number of hydrogen-bond donors (Lipinski definition) is 0. The van der Waals surface area contributed by atoms with Crippen molar-refractivity contribution >= 4 is 93.3 Å². The van der Waals surface area contributed by atoms with Gasteiger partial charge in [0.15, 0.2) is 5.58 Å². The van der Waals surface area contributed by atoms with Gasteiger partial charge in [0.25, 0.3) is 0 Å². The zero-order valence-corrected chi connectivity index (χ0v) is 30.8. The summed E-state index contributed by atoms with van der Waals surface area (Å²) in [5.74, 6) is 0. The van der Waals surface area contributed by atoms with Crippen LogP contribution in [0.3, 0.4) is 0 Å². The van der Waals surface area contributed by atoms with Crippen LogP contribution in [0.1, 0.15) is 0 Å². The molecule has 12 rings (SSSR count). The van der Waals surface area contributed by atoms with Crippen molar-refractivity contribution in [3.8, 4) is 22.3 Å². The average molecular weight is 728 g/mol. The Morgan fingerprint density at radius 1 is 0.281 bits per heavy atom. The molecule has 57 heavy (non-hydrogen) atoms. The maximum absolute atomic E-state index is 6.76. The molecular weight excluding hydrogens is 695 g/mol. The molecule has 0 amide bonds. The number of para-hydroxylation sites is 5. The van der Waals surface area contributed by atoms with E-state index in [1.165, 1.54) is 32.3 Å². The molecule has 0 aliphatic heterocycles. The van der Waals surface area contributed by atoms with Crippen LogP contribution in [0.4, 0.5) is 17.1 Å². The third-order valence-corrected chi connectivity index (χ3v) is 11.6. The van der Waals surface area contributed by atoms with Crippen LogP contribution in [-0.4, -0.2) is 0 Å². The molecule has 0 saturated heterocycles. The molecular formula is C54H33NO2. The fourth-order valence-electron chi connectivity index (χ4n) is 9.17. The molecule has 0 spiro atoms. The molecule has 0 N–H and O–H groups in total. The molecule has 0 bridgehead atoms. The predicted octanol–water partition coefficient (Wildman–Crippen LogP) is 15.7. The highest BCUT2D eigenvalue weighted by atomic mass is 16.3. The number of fused-ring (bicyclic) bond motifs is 13. The van der Waals surface area contributed by atoms with Gasteiger partial charge in [-0.15, -0.1) is 0 Å². The van der Waals surface area contributed by atoms with Crippen LogP contribution in [0.5, 0.6) is 0 Å². The van der Waals surface area contributed by atoms with Crippen LogP contribution in [0.25, 0.3) is 98.4 Å². The zero-order valence-electron chi connectivity index (χ0n) is 30.8. The van der Waals surface area contributed by atoms with Crippen molar-refractivity contribution in [2.75, 3.05) is 4.90 Å². The van der Waals surface area contributed by atoms with Crippen molar-refractivity contribution in [2.45, 2.75) is 0 Å². The Hall–Kier alpha value is -7.62. The number of furan rings is 2. The highest BCUT2D eigenvalue weighted by Gasteiger charge is 2.25. The van der Waals surface area contributed by atoms with Gasteiger partial charge < -0.3 is 13.7 Å². The standard InChI is InChI=1S/C54H33NO2/c1-2-15-34(16-3-1)36-17-6-10-24-46(36)55(48-26-14-23-43-40-20-8-12-27-49(40)57-54(43)48)47-25-11-7-18-37(47)35-29-30-39-38-19-4-5-21-41(38)52-42(45(39)33-35)31-32-51-53(52)44-22-9-13-28-50(44)56-51/h1-33H. The molecule has 2 aromatic heterocycles. The Morgan fingerprint density at radius 2 is 0.825 bits per heavy atom. The van der Waals surface area contributed by atoms with Crippen molar-refractivity contribution in [1.29, 1.82) is 0 Å². The smallest absolute Gasteiger partial charge is 0.159 e. The summed E-state index contributed by atoms with van der Waals surface area (Å²) in [6, 6.07) is 71.5. The summed E-state index contributed by atoms with van der Waals surface area (Å²) >= 11 is 0. The van der Waals surface area contributed by atoms with Gasteiger partial charge in [0.2, 0.25) is 0 Å². The highest BCUT2D eigenvalue weighted by Crippen LogP contribution is 2.49. The minimum atomic E-state index is 0.851. The Bertz CT molecular complexity index is 3540. The molecule has 3 heteroatoms. The molecule has 2 heterocycles. The average Bonchev–Trinajstić information content (AvgIpc) is 3.86. The first-order chi connectivity index (χ1) is 28.3. The van der Waals surface area contributed by atoms with Gasteiger partial charge in [-0.3, -0.25) is 0 Å². The van der Waals surface area contributed by atoms with E-state index in [9.17, 15) is 0 Å². The molecule has 10 aromatic carbocycles. The van der Waals surface area contributed by atoms with Crippen molar-refractivity contribution < 1.29 is 8.83 Å². The molecule has 0 saturated carbocycles. The number of nitrogens with zero attached hydrogens (tertiary/aromatic N) is 1. The SMILES string of the molecule is c1ccc(-c2ccccc2N(c2ccccc2-c2ccc3c4ccccc4c4c(ccc5oc6ccccc6c54)c3c2)c2cccc3c2oc2ccccc23)cc1. The molecule has 266 valence electrons. The minimum Gasteiger partial charge on any atom is -0.456 e. The fourth-order valence-corrected chi connectivity index (χ4v) is 9.17. The van der Waals surface area contributed by atoms with E-state index in [0.717, 1.165) is 83.2 Å². The van der Waals surface area contributed by atoms with E-state index in [4.69, 9.17) is 8.83 Å². The second-order valence-corrected chi connectivity index (χ2v) is 14.8. The Labute approximate surface area is 328 Å². The third-order valence-electron chi connectivity index (χ3n) is 11.6. The molecule has 12 aromatic rings. The molecule has 0 atom stereocenters. The first-order valence-corrected chi connectivity index (χ1v) is 19.4. The van der Waals surface area contributed by atoms with E-state index in [-0.39, 0.29) is 0 Å². The second-order valence-electron chi connectivity index (χ2n) is 14.8. The molecule has 3 nitrogen and oxygen atoms in total. The monoisotopic (exact) mass is 727 g/mol. The van der Waals surface area contributed by atoms with Crippen LogP contribution >= 0.6 is 0 Å². The topological polar surface area (TPSA) is 29.5 Å². The number of benzene rings is 10.